The van der Waals surface area contributed by atoms with Crippen LogP contribution in [0, 0.1) is 0 Å². The predicted molar refractivity (Wildman–Crippen MR) is 147 cm³/mol. The molecule has 2 aromatic carbocycles. The summed E-state index contributed by atoms with van der Waals surface area (Å²) in [6.45, 7) is 1.24. The lowest BCUT2D eigenvalue weighted by Crippen LogP contribution is -2.53. The normalized spacial score (nSPS) is 16.9. The fourth-order valence-electron chi connectivity index (χ4n) is 4.80. The number of rotatable bonds is 14. The van der Waals surface area contributed by atoms with Gasteiger partial charge in [-0.2, -0.15) is 0 Å². The molecule has 218 valence electrons. The van der Waals surface area contributed by atoms with Gasteiger partial charge in [0.15, 0.2) is 23.0 Å². The van der Waals surface area contributed by atoms with Gasteiger partial charge in [-0.25, -0.2) is 0 Å². The van der Waals surface area contributed by atoms with Crippen LogP contribution in [0.3, 0.4) is 0 Å². The molecule has 0 radical (unpaired) electrons. The summed E-state index contributed by atoms with van der Waals surface area (Å²) >= 11 is 0. The average molecular weight is 559 g/mol. The molecule has 0 aromatic heterocycles. The van der Waals surface area contributed by atoms with E-state index in [9.17, 15) is 14.4 Å². The maximum absolute atomic E-state index is 13.6. The number of amides is 1. The third-order valence-electron chi connectivity index (χ3n) is 6.83. The molecule has 0 spiro atoms. The number of ketones is 1. The Morgan fingerprint density at radius 1 is 0.875 bits per heavy atom. The van der Waals surface area contributed by atoms with Crippen molar-refractivity contribution in [3.05, 3.63) is 35.9 Å². The van der Waals surface area contributed by atoms with E-state index in [0.29, 0.717) is 55.5 Å². The van der Waals surface area contributed by atoms with Crippen LogP contribution in [0.5, 0.6) is 34.5 Å². The van der Waals surface area contributed by atoms with Crippen LogP contribution in [0.4, 0.5) is 0 Å². The fraction of sp³-hybridized carbons (Fsp3) is 0.483. The highest BCUT2D eigenvalue weighted by Crippen LogP contribution is 2.38. The van der Waals surface area contributed by atoms with E-state index in [4.69, 9.17) is 28.4 Å². The Kier molecular flexibility index (Phi) is 11.4. The predicted octanol–water partition coefficient (Wildman–Crippen LogP) is 2.92. The second kappa shape index (κ2) is 15.0. The van der Waals surface area contributed by atoms with E-state index >= 15 is 0 Å². The SMILES string of the molecule is COc1ccc(OCCNCC2CCCCC(C=O)N2C(=O)C(=O)c2cc(OC)c(OC)c(OC)c2)cc1OC. The maximum atomic E-state index is 13.6. The van der Waals surface area contributed by atoms with Gasteiger partial charge in [0.2, 0.25) is 5.75 Å². The Morgan fingerprint density at radius 2 is 1.52 bits per heavy atom. The summed E-state index contributed by atoms with van der Waals surface area (Å²) < 4.78 is 32.4. The first-order chi connectivity index (χ1) is 19.4. The maximum Gasteiger partial charge on any atom is 0.295 e. The summed E-state index contributed by atoms with van der Waals surface area (Å²) in [6.07, 6.45) is 3.52. The quantitative estimate of drug-likeness (QED) is 0.160. The Hall–Kier alpha value is -3.99. The van der Waals surface area contributed by atoms with Gasteiger partial charge in [0, 0.05) is 30.8 Å². The summed E-state index contributed by atoms with van der Waals surface area (Å²) in [5.74, 6) is 1.13. The molecular formula is C29H38N2O9. The minimum Gasteiger partial charge on any atom is -0.493 e. The molecule has 1 saturated heterocycles. The number of methoxy groups -OCH3 is 5. The number of carbonyl (C=O) groups excluding carboxylic acids is 3. The Balaban J connectivity index is 1.70. The molecule has 3 rings (SSSR count). The first-order valence-corrected chi connectivity index (χ1v) is 13.1. The van der Waals surface area contributed by atoms with Crippen molar-refractivity contribution in [2.24, 2.45) is 0 Å². The second-order valence-electron chi connectivity index (χ2n) is 9.17. The van der Waals surface area contributed by atoms with Crippen molar-refractivity contribution in [2.75, 3.05) is 55.2 Å². The number of Topliss-reactive ketones (excluding diaryl/α,β-unsaturated/α-hetero) is 1. The van der Waals surface area contributed by atoms with Crippen molar-refractivity contribution in [2.45, 2.75) is 37.8 Å². The van der Waals surface area contributed by atoms with Gasteiger partial charge in [-0.05, 0) is 37.1 Å². The molecule has 1 aliphatic heterocycles. The number of nitrogens with one attached hydrogen (secondary N) is 1. The fourth-order valence-corrected chi connectivity index (χ4v) is 4.80. The lowest BCUT2D eigenvalue weighted by molar-refractivity contribution is -0.134. The van der Waals surface area contributed by atoms with Crippen LogP contribution in [-0.2, 0) is 9.59 Å². The van der Waals surface area contributed by atoms with Crippen molar-refractivity contribution >= 4 is 18.0 Å². The van der Waals surface area contributed by atoms with E-state index in [2.05, 4.69) is 5.32 Å². The van der Waals surface area contributed by atoms with Gasteiger partial charge >= 0.3 is 0 Å². The zero-order valence-electron chi connectivity index (χ0n) is 23.7. The molecule has 0 aliphatic carbocycles. The molecule has 1 N–H and O–H groups in total. The number of nitrogens with zero attached hydrogens (tertiary/aromatic N) is 1. The van der Waals surface area contributed by atoms with Crippen LogP contribution in [0.1, 0.15) is 36.0 Å². The highest BCUT2D eigenvalue weighted by atomic mass is 16.5. The zero-order chi connectivity index (χ0) is 29.1. The van der Waals surface area contributed by atoms with E-state index in [1.54, 1.807) is 32.4 Å². The van der Waals surface area contributed by atoms with Crippen molar-refractivity contribution in [3.63, 3.8) is 0 Å². The van der Waals surface area contributed by atoms with Gasteiger partial charge in [-0.3, -0.25) is 9.59 Å². The van der Waals surface area contributed by atoms with Gasteiger partial charge in [-0.1, -0.05) is 12.8 Å². The van der Waals surface area contributed by atoms with E-state index < -0.39 is 17.7 Å². The van der Waals surface area contributed by atoms with Gasteiger partial charge in [0.25, 0.3) is 11.7 Å². The highest BCUT2D eigenvalue weighted by molar-refractivity contribution is 6.43. The molecule has 1 amide bonds. The van der Waals surface area contributed by atoms with Crippen molar-refractivity contribution in [3.8, 4) is 34.5 Å². The van der Waals surface area contributed by atoms with Gasteiger partial charge in [0.05, 0.1) is 41.6 Å². The molecule has 2 unspecified atom stereocenters. The van der Waals surface area contributed by atoms with Gasteiger partial charge in [0.1, 0.15) is 18.6 Å². The lowest BCUT2D eigenvalue weighted by atomic mass is 10.0. The largest absolute Gasteiger partial charge is 0.493 e. The van der Waals surface area contributed by atoms with Crippen LogP contribution in [0.25, 0.3) is 0 Å². The minimum atomic E-state index is -0.755. The van der Waals surface area contributed by atoms with E-state index in [1.165, 1.54) is 38.4 Å². The Bertz CT molecular complexity index is 1150. The van der Waals surface area contributed by atoms with Crippen molar-refractivity contribution < 1.29 is 42.8 Å². The Morgan fingerprint density at radius 3 is 2.12 bits per heavy atom. The summed E-state index contributed by atoms with van der Waals surface area (Å²) in [5.41, 5.74) is 0.0865. The average Bonchev–Trinajstić information content (AvgIpc) is 3.20. The second-order valence-corrected chi connectivity index (χ2v) is 9.17. The number of hydrogen-bond acceptors (Lipinski definition) is 10. The van der Waals surface area contributed by atoms with Crippen molar-refractivity contribution in [1.82, 2.24) is 10.2 Å². The smallest absolute Gasteiger partial charge is 0.295 e. The van der Waals surface area contributed by atoms with E-state index in [0.717, 1.165) is 19.1 Å². The van der Waals surface area contributed by atoms with Crippen LogP contribution in [0.15, 0.2) is 30.3 Å². The zero-order valence-corrected chi connectivity index (χ0v) is 23.7. The third kappa shape index (κ3) is 7.15. The van der Waals surface area contributed by atoms with Gasteiger partial charge in [-0.15, -0.1) is 0 Å². The summed E-state index contributed by atoms with van der Waals surface area (Å²) in [4.78, 5) is 40.5. The van der Waals surface area contributed by atoms with Crippen LogP contribution in [0.2, 0.25) is 0 Å². The monoisotopic (exact) mass is 558 g/mol. The molecule has 1 aliphatic rings. The van der Waals surface area contributed by atoms with Crippen LogP contribution >= 0.6 is 0 Å². The molecule has 11 heteroatoms. The first kappa shape index (κ1) is 30.6. The third-order valence-corrected chi connectivity index (χ3v) is 6.83. The molecule has 11 nitrogen and oxygen atoms in total. The molecular weight excluding hydrogens is 520 g/mol. The number of ether oxygens (including phenoxy) is 6. The number of aldehydes is 1. The molecule has 2 aromatic rings. The summed E-state index contributed by atoms with van der Waals surface area (Å²) in [6, 6.07) is 7.13. The van der Waals surface area contributed by atoms with Crippen LogP contribution in [-0.4, -0.2) is 90.2 Å². The first-order valence-electron chi connectivity index (χ1n) is 13.1. The number of hydrogen-bond donors (Lipinski definition) is 1. The lowest BCUT2D eigenvalue weighted by Gasteiger charge is -2.33. The number of benzene rings is 2. The highest BCUT2D eigenvalue weighted by Gasteiger charge is 2.36. The molecule has 40 heavy (non-hydrogen) atoms. The van der Waals surface area contributed by atoms with E-state index in [1.807, 2.05) is 0 Å². The Labute approximate surface area is 234 Å². The standard InChI is InChI=1S/C29H38N2O9/c1-35-23-11-10-22(16-24(23)36-2)40-13-12-30-17-20-8-6-7-9-21(18-32)31(20)29(34)27(33)19-14-25(37-3)28(39-5)26(15-19)38-4/h10-11,14-16,18,20-21,30H,6-9,12-13,17H2,1-5H3. The minimum absolute atomic E-state index is 0.0865. The molecule has 0 bridgehead atoms. The molecule has 0 saturated carbocycles. The van der Waals surface area contributed by atoms with Gasteiger partial charge < -0.3 is 43.4 Å². The number of carbonyl (C=O) groups is 3. The number of likely N-dealkylation sites (tertiary alicyclic amines) is 1. The molecule has 1 heterocycles. The molecule has 1 fully saturated rings. The molecule has 2 atom stereocenters. The van der Waals surface area contributed by atoms with E-state index in [-0.39, 0.29) is 23.1 Å². The van der Waals surface area contributed by atoms with Crippen molar-refractivity contribution in [1.29, 1.82) is 0 Å². The van der Waals surface area contributed by atoms with Crippen LogP contribution < -0.4 is 33.7 Å². The summed E-state index contributed by atoms with van der Waals surface area (Å²) in [5, 5.41) is 3.31. The summed E-state index contributed by atoms with van der Waals surface area (Å²) in [7, 11) is 7.44. The topological polar surface area (TPSA) is 122 Å².